The number of nitrogens with one attached hydrogen (secondary N) is 1. The number of nitro groups is 1. The molecule has 0 aliphatic heterocycles. The van der Waals surface area contributed by atoms with Crippen molar-refractivity contribution in [2.45, 2.75) is 13.5 Å². The number of nitrogens with zero attached hydrogens (tertiary/aromatic N) is 4. The molecule has 1 N–H and O–H groups in total. The van der Waals surface area contributed by atoms with Gasteiger partial charge in [-0.1, -0.05) is 35.3 Å². The first-order valence-electron chi connectivity index (χ1n) is 6.33. The molecule has 0 aliphatic rings. The SMILES string of the molecule is Cc1cc([N+](=O)[O-])nn1CC(=O)N/N=C/c1cccc(Cl)c1Cl. The molecule has 0 aliphatic carbocycles. The number of carbonyl (C=O) groups excluding carboxylic acids is 1. The number of hydrogen-bond acceptors (Lipinski definition) is 5. The van der Waals surface area contributed by atoms with Crippen molar-refractivity contribution in [3.8, 4) is 0 Å². The summed E-state index contributed by atoms with van der Waals surface area (Å²) >= 11 is 11.8. The van der Waals surface area contributed by atoms with Gasteiger partial charge in [-0.2, -0.15) is 9.78 Å². The summed E-state index contributed by atoms with van der Waals surface area (Å²) in [7, 11) is 0. The van der Waals surface area contributed by atoms with Crippen LogP contribution in [0.2, 0.25) is 10.0 Å². The van der Waals surface area contributed by atoms with Gasteiger partial charge < -0.3 is 10.1 Å². The fourth-order valence-corrected chi connectivity index (χ4v) is 2.06. The van der Waals surface area contributed by atoms with Crippen molar-refractivity contribution < 1.29 is 9.72 Å². The number of amides is 1. The van der Waals surface area contributed by atoms with Gasteiger partial charge in [0.1, 0.15) is 6.54 Å². The van der Waals surface area contributed by atoms with Crippen molar-refractivity contribution in [2.24, 2.45) is 5.10 Å². The highest BCUT2D eigenvalue weighted by Gasteiger charge is 2.17. The molecule has 0 radical (unpaired) electrons. The number of carbonyl (C=O) groups is 1. The zero-order valence-electron chi connectivity index (χ0n) is 11.9. The predicted molar refractivity (Wildman–Crippen MR) is 85.8 cm³/mol. The zero-order chi connectivity index (χ0) is 17.0. The van der Waals surface area contributed by atoms with Gasteiger partial charge >= 0.3 is 5.82 Å². The molecule has 0 fully saturated rings. The maximum absolute atomic E-state index is 11.8. The largest absolute Gasteiger partial charge is 0.390 e. The van der Waals surface area contributed by atoms with Gasteiger partial charge in [-0.25, -0.2) is 5.43 Å². The van der Waals surface area contributed by atoms with Crippen LogP contribution < -0.4 is 5.43 Å². The lowest BCUT2D eigenvalue weighted by Crippen LogP contribution is -2.24. The van der Waals surface area contributed by atoms with Crippen molar-refractivity contribution in [3.05, 3.63) is 55.7 Å². The van der Waals surface area contributed by atoms with Crippen LogP contribution in [-0.2, 0) is 11.3 Å². The Balaban J connectivity index is 1.99. The number of benzene rings is 1. The minimum atomic E-state index is -0.624. The normalized spacial score (nSPS) is 10.9. The molecule has 1 aromatic carbocycles. The Labute approximate surface area is 140 Å². The van der Waals surface area contributed by atoms with Gasteiger partial charge in [-0.05, 0) is 17.9 Å². The van der Waals surface area contributed by atoms with Crippen molar-refractivity contribution in [1.29, 1.82) is 0 Å². The molecule has 0 saturated carbocycles. The average Bonchev–Trinajstić information content (AvgIpc) is 2.85. The summed E-state index contributed by atoms with van der Waals surface area (Å²) in [5.41, 5.74) is 3.33. The molecule has 1 amide bonds. The molecule has 0 unspecified atom stereocenters. The zero-order valence-corrected chi connectivity index (χ0v) is 13.4. The van der Waals surface area contributed by atoms with E-state index in [1.54, 1.807) is 25.1 Å². The second-order valence-electron chi connectivity index (χ2n) is 4.49. The standard InChI is InChI=1S/C13H11Cl2N5O3/c1-8-5-11(20(22)23)18-19(8)7-12(21)17-16-6-9-3-2-4-10(14)13(9)15/h2-6H,7H2,1H3,(H,17,21)/b16-6+. The first kappa shape index (κ1) is 16.9. The van der Waals surface area contributed by atoms with E-state index in [-0.39, 0.29) is 12.4 Å². The molecule has 120 valence electrons. The molecule has 0 saturated heterocycles. The van der Waals surface area contributed by atoms with Crippen molar-refractivity contribution >= 4 is 41.1 Å². The highest BCUT2D eigenvalue weighted by molar-refractivity contribution is 6.43. The van der Waals surface area contributed by atoms with E-state index < -0.39 is 10.8 Å². The molecule has 8 nitrogen and oxygen atoms in total. The van der Waals surface area contributed by atoms with Crippen LogP contribution in [0, 0.1) is 17.0 Å². The van der Waals surface area contributed by atoms with Crippen molar-refractivity contribution in [2.75, 3.05) is 0 Å². The van der Waals surface area contributed by atoms with Gasteiger partial charge in [0.05, 0.1) is 33.1 Å². The number of hydrazone groups is 1. The lowest BCUT2D eigenvalue weighted by Gasteiger charge is -2.01. The van der Waals surface area contributed by atoms with Crippen LogP contribution in [0.4, 0.5) is 5.82 Å². The first-order valence-corrected chi connectivity index (χ1v) is 7.09. The van der Waals surface area contributed by atoms with Crippen molar-refractivity contribution in [3.63, 3.8) is 0 Å². The highest BCUT2D eigenvalue weighted by Crippen LogP contribution is 2.24. The fraction of sp³-hybridized carbons (Fsp3) is 0.154. The van der Waals surface area contributed by atoms with Gasteiger partial charge in [-0.3, -0.25) is 4.79 Å². The van der Waals surface area contributed by atoms with E-state index in [0.717, 1.165) is 0 Å². The van der Waals surface area contributed by atoms with E-state index in [2.05, 4.69) is 15.6 Å². The molecule has 0 spiro atoms. The third-order valence-electron chi connectivity index (χ3n) is 2.82. The lowest BCUT2D eigenvalue weighted by atomic mass is 10.2. The van der Waals surface area contributed by atoms with E-state index in [4.69, 9.17) is 23.2 Å². The van der Waals surface area contributed by atoms with E-state index in [0.29, 0.717) is 21.3 Å². The number of aromatic nitrogens is 2. The fourth-order valence-electron chi connectivity index (χ4n) is 1.71. The summed E-state index contributed by atoms with van der Waals surface area (Å²) in [5.74, 6) is -0.801. The highest BCUT2D eigenvalue weighted by atomic mass is 35.5. The summed E-state index contributed by atoms with van der Waals surface area (Å²) < 4.78 is 1.22. The minimum Gasteiger partial charge on any atom is -0.358 e. The Morgan fingerprint density at radius 1 is 1.52 bits per heavy atom. The van der Waals surface area contributed by atoms with Crippen molar-refractivity contribution in [1.82, 2.24) is 15.2 Å². The Kier molecular flexibility index (Phi) is 5.30. The second kappa shape index (κ2) is 7.21. The quantitative estimate of drug-likeness (QED) is 0.505. The van der Waals surface area contributed by atoms with Gasteiger partial charge in [0.25, 0.3) is 5.91 Å². The maximum Gasteiger partial charge on any atom is 0.390 e. The molecule has 2 rings (SSSR count). The molecule has 0 bridgehead atoms. The summed E-state index contributed by atoms with van der Waals surface area (Å²) in [5, 5.41) is 18.8. The smallest absolute Gasteiger partial charge is 0.358 e. The Morgan fingerprint density at radius 2 is 2.26 bits per heavy atom. The van der Waals surface area contributed by atoms with Gasteiger partial charge in [0.15, 0.2) is 0 Å². The molecular formula is C13H11Cl2N5O3. The van der Waals surface area contributed by atoms with Crippen LogP contribution in [0.1, 0.15) is 11.3 Å². The van der Waals surface area contributed by atoms with Crippen LogP contribution in [0.5, 0.6) is 0 Å². The summed E-state index contributed by atoms with van der Waals surface area (Å²) in [6.07, 6.45) is 1.35. The molecule has 0 atom stereocenters. The molecule has 10 heteroatoms. The third kappa shape index (κ3) is 4.27. The summed E-state index contributed by atoms with van der Waals surface area (Å²) in [4.78, 5) is 21.8. The summed E-state index contributed by atoms with van der Waals surface area (Å²) in [6.45, 7) is 1.42. The Morgan fingerprint density at radius 3 is 2.91 bits per heavy atom. The molecule has 1 aromatic heterocycles. The first-order chi connectivity index (χ1) is 10.9. The van der Waals surface area contributed by atoms with Crippen LogP contribution >= 0.6 is 23.2 Å². The van der Waals surface area contributed by atoms with E-state index >= 15 is 0 Å². The maximum atomic E-state index is 11.8. The van der Waals surface area contributed by atoms with Crippen LogP contribution in [-0.4, -0.2) is 26.8 Å². The molecule has 2 aromatic rings. The summed E-state index contributed by atoms with van der Waals surface area (Å²) in [6, 6.07) is 6.30. The second-order valence-corrected chi connectivity index (χ2v) is 5.28. The van der Waals surface area contributed by atoms with Gasteiger partial charge in [0, 0.05) is 5.56 Å². The van der Waals surface area contributed by atoms with Crippen LogP contribution in [0.15, 0.2) is 29.4 Å². The van der Waals surface area contributed by atoms with Crippen LogP contribution in [0.3, 0.4) is 0 Å². The van der Waals surface area contributed by atoms with E-state index in [9.17, 15) is 14.9 Å². The molecule has 23 heavy (non-hydrogen) atoms. The van der Waals surface area contributed by atoms with Crippen LogP contribution in [0.25, 0.3) is 0 Å². The van der Waals surface area contributed by atoms with E-state index in [1.165, 1.54) is 17.0 Å². The van der Waals surface area contributed by atoms with E-state index in [1.807, 2.05) is 0 Å². The number of halogens is 2. The molecular weight excluding hydrogens is 345 g/mol. The van der Waals surface area contributed by atoms with Gasteiger partial charge in [0.2, 0.25) is 0 Å². The number of aryl methyl sites for hydroxylation is 1. The topological polar surface area (TPSA) is 102 Å². The minimum absolute atomic E-state index is 0.194. The Hall–Kier alpha value is -2.45. The number of hydrogen-bond donors (Lipinski definition) is 1. The Bertz CT molecular complexity index is 788. The third-order valence-corrected chi connectivity index (χ3v) is 3.66. The predicted octanol–water partition coefficient (Wildman–Crippen LogP) is 2.56. The lowest BCUT2D eigenvalue weighted by molar-refractivity contribution is -0.389. The van der Waals surface area contributed by atoms with Gasteiger partial charge in [-0.15, -0.1) is 0 Å². The molecule has 1 heterocycles. The average molecular weight is 356 g/mol. The monoisotopic (exact) mass is 355 g/mol. The number of rotatable bonds is 5.